The molecule has 1 aliphatic carbocycles. The van der Waals surface area contributed by atoms with E-state index in [-0.39, 0.29) is 24.1 Å². The molecule has 4 rings (SSSR count). The smallest absolute Gasteiger partial charge is 0.286 e. The molecular formula is C15H15FN4O2. The fraction of sp³-hybridized carbons (Fsp3) is 0.400. The molecule has 1 saturated carbocycles. The number of hydrogen-bond donors (Lipinski definition) is 0. The maximum absolute atomic E-state index is 13.0. The second-order valence-corrected chi connectivity index (χ2v) is 5.76. The number of benzene rings is 1. The van der Waals surface area contributed by atoms with Gasteiger partial charge in [0.15, 0.2) is 5.82 Å². The van der Waals surface area contributed by atoms with Crippen LogP contribution in [0, 0.1) is 5.82 Å². The Morgan fingerprint density at radius 3 is 2.41 bits per heavy atom. The zero-order valence-corrected chi connectivity index (χ0v) is 11.9. The van der Waals surface area contributed by atoms with Gasteiger partial charge in [-0.1, -0.05) is 12.8 Å². The lowest BCUT2D eigenvalue weighted by molar-refractivity contribution is 0.249. The van der Waals surface area contributed by atoms with Crippen molar-refractivity contribution < 1.29 is 9.18 Å². The van der Waals surface area contributed by atoms with Gasteiger partial charge in [-0.2, -0.15) is 9.67 Å². The van der Waals surface area contributed by atoms with Crippen LogP contribution in [-0.2, 0) is 6.54 Å². The highest BCUT2D eigenvalue weighted by atomic mass is 19.1. The Labute approximate surface area is 125 Å². The summed E-state index contributed by atoms with van der Waals surface area (Å²) in [4.78, 5) is 26.4. The maximum atomic E-state index is 13.0. The number of anilines is 1. The summed E-state index contributed by atoms with van der Waals surface area (Å²) >= 11 is 0. The van der Waals surface area contributed by atoms with Gasteiger partial charge in [0.2, 0.25) is 0 Å². The minimum Gasteiger partial charge on any atom is -0.286 e. The molecule has 1 amide bonds. The number of aromatic nitrogens is 3. The van der Waals surface area contributed by atoms with Crippen LogP contribution in [0.25, 0.3) is 0 Å². The van der Waals surface area contributed by atoms with Crippen molar-refractivity contribution in [3.05, 3.63) is 46.4 Å². The van der Waals surface area contributed by atoms with E-state index in [0.29, 0.717) is 11.5 Å². The first-order valence-corrected chi connectivity index (χ1v) is 7.43. The molecule has 1 aromatic carbocycles. The number of halogens is 1. The standard InChI is InChI=1S/C15H15FN4O2/c16-10-5-7-11(8-6-10)18-9-13-17-20(12-3-1-2-4-12)15(22)19(13)14(18)21/h5-8,12H,1-4,9H2. The number of carbonyl (C=O) groups is 1. The van der Waals surface area contributed by atoms with Crippen LogP contribution in [0.3, 0.4) is 0 Å². The topological polar surface area (TPSA) is 60.1 Å². The number of amides is 1. The maximum Gasteiger partial charge on any atom is 0.354 e. The summed E-state index contributed by atoms with van der Waals surface area (Å²) < 4.78 is 15.6. The molecule has 2 aliphatic rings. The molecule has 0 spiro atoms. The first-order valence-electron chi connectivity index (χ1n) is 7.43. The first kappa shape index (κ1) is 13.2. The molecule has 0 unspecified atom stereocenters. The van der Waals surface area contributed by atoms with Gasteiger partial charge in [-0.15, -0.1) is 0 Å². The number of rotatable bonds is 2. The Kier molecular flexibility index (Phi) is 2.88. The molecule has 1 fully saturated rings. The molecule has 0 radical (unpaired) electrons. The third-order valence-corrected chi connectivity index (χ3v) is 4.40. The number of hydrogen-bond acceptors (Lipinski definition) is 3. The van der Waals surface area contributed by atoms with E-state index in [4.69, 9.17) is 0 Å². The van der Waals surface area contributed by atoms with E-state index in [9.17, 15) is 14.0 Å². The van der Waals surface area contributed by atoms with E-state index in [1.54, 1.807) is 0 Å². The Morgan fingerprint density at radius 2 is 1.77 bits per heavy atom. The van der Waals surface area contributed by atoms with Crippen LogP contribution >= 0.6 is 0 Å². The van der Waals surface area contributed by atoms with Gasteiger partial charge in [-0.05, 0) is 37.1 Å². The van der Waals surface area contributed by atoms with Crippen LogP contribution in [0.2, 0.25) is 0 Å². The van der Waals surface area contributed by atoms with Crippen molar-refractivity contribution in [2.45, 2.75) is 38.3 Å². The van der Waals surface area contributed by atoms with Crippen molar-refractivity contribution in [3.8, 4) is 0 Å². The predicted octanol–water partition coefficient (Wildman–Crippen LogP) is 2.29. The van der Waals surface area contributed by atoms with Gasteiger partial charge in [0.25, 0.3) is 0 Å². The fourth-order valence-corrected chi connectivity index (χ4v) is 3.26. The second-order valence-electron chi connectivity index (χ2n) is 5.76. The summed E-state index contributed by atoms with van der Waals surface area (Å²) in [5.41, 5.74) is 0.195. The summed E-state index contributed by atoms with van der Waals surface area (Å²) in [7, 11) is 0. The van der Waals surface area contributed by atoms with Crippen LogP contribution in [0.5, 0.6) is 0 Å². The van der Waals surface area contributed by atoms with Gasteiger partial charge in [0, 0.05) is 5.69 Å². The number of fused-ring (bicyclic) bond motifs is 1. The van der Waals surface area contributed by atoms with E-state index in [1.165, 1.54) is 33.8 Å². The lowest BCUT2D eigenvalue weighted by Gasteiger charge is -2.15. The Morgan fingerprint density at radius 1 is 1.09 bits per heavy atom. The van der Waals surface area contributed by atoms with Gasteiger partial charge >= 0.3 is 11.7 Å². The summed E-state index contributed by atoms with van der Waals surface area (Å²) in [5.74, 6) is 0.0861. The molecule has 1 aliphatic heterocycles. The van der Waals surface area contributed by atoms with Crippen molar-refractivity contribution in [1.82, 2.24) is 14.3 Å². The van der Waals surface area contributed by atoms with E-state index in [0.717, 1.165) is 30.3 Å². The van der Waals surface area contributed by atoms with Gasteiger partial charge in [0.1, 0.15) is 5.82 Å². The highest BCUT2D eigenvalue weighted by Crippen LogP contribution is 2.29. The molecule has 114 valence electrons. The largest absolute Gasteiger partial charge is 0.354 e. The van der Waals surface area contributed by atoms with Crippen molar-refractivity contribution in [2.75, 3.05) is 4.90 Å². The van der Waals surface area contributed by atoms with Gasteiger partial charge < -0.3 is 0 Å². The SMILES string of the molecule is O=C1N(c2ccc(F)cc2)Cc2nn(C3CCCC3)c(=O)n21. The van der Waals surface area contributed by atoms with Crippen molar-refractivity contribution in [3.63, 3.8) is 0 Å². The molecule has 0 atom stereocenters. The van der Waals surface area contributed by atoms with E-state index >= 15 is 0 Å². The molecule has 6 nitrogen and oxygen atoms in total. The molecule has 0 saturated heterocycles. The minimum absolute atomic E-state index is 0.109. The quantitative estimate of drug-likeness (QED) is 0.855. The summed E-state index contributed by atoms with van der Waals surface area (Å²) in [6.45, 7) is 0.236. The lowest BCUT2D eigenvalue weighted by atomic mass is 10.3. The summed E-state index contributed by atoms with van der Waals surface area (Å²) in [6, 6.07) is 5.32. The van der Waals surface area contributed by atoms with Crippen molar-refractivity contribution in [1.29, 1.82) is 0 Å². The summed E-state index contributed by atoms with van der Waals surface area (Å²) in [5, 5.41) is 4.35. The lowest BCUT2D eigenvalue weighted by Crippen LogP contribution is -2.35. The van der Waals surface area contributed by atoms with Crippen LogP contribution < -0.4 is 10.6 Å². The van der Waals surface area contributed by atoms with Gasteiger partial charge in [0.05, 0.1) is 12.6 Å². The van der Waals surface area contributed by atoms with E-state index in [2.05, 4.69) is 5.10 Å². The highest BCUT2D eigenvalue weighted by Gasteiger charge is 2.35. The van der Waals surface area contributed by atoms with Crippen LogP contribution in [0.1, 0.15) is 37.5 Å². The fourth-order valence-electron chi connectivity index (χ4n) is 3.26. The average Bonchev–Trinajstić information content (AvgIpc) is 3.19. The highest BCUT2D eigenvalue weighted by molar-refractivity contribution is 5.95. The van der Waals surface area contributed by atoms with Crippen molar-refractivity contribution >= 4 is 11.7 Å². The number of carbonyl (C=O) groups excluding carboxylic acids is 1. The average molecular weight is 302 g/mol. The molecule has 0 bridgehead atoms. The molecule has 2 heterocycles. The van der Waals surface area contributed by atoms with Crippen LogP contribution in [-0.4, -0.2) is 20.4 Å². The second kappa shape index (κ2) is 4.79. The normalized spacial score (nSPS) is 18.2. The zero-order chi connectivity index (χ0) is 15.3. The van der Waals surface area contributed by atoms with Crippen molar-refractivity contribution in [2.24, 2.45) is 0 Å². The Bertz CT molecular complexity index is 787. The van der Waals surface area contributed by atoms with Gasteiger partial charge in [-0.25, -0.2) is 18.7 Å². The molecule has 7 heteroatoms. The Balaban J connectivity index is 1.68. The minimum atomic E-state index is -0.421. The molecular weight excluding hydrogens is 287 g/mol. The molecule has 22 heavy (non-hydrogen) atoms. The van der Waals surface area contributed by atoms with E-state index < -0.39 is 6.03 Å². The van der Waals surface area contributed by atoms with Crippen LogP contribution in [0.15, 0.2) is 29.1 Å². The third kappa shape index (κ3) is 1.88. The first-order chi connectivity index (χ1) is 10.6. The van der Waals surface area contributed by atoms with Crippen LogP contribution in [0.4, 0.5) is 14.9 Å². The molecule has 2 aromatic rings. The summed E-state index contributed by atoms with van der Waals surface area (Å²) in [6.07, 6.45) is 4.06. The monoisotopic (exact) mass is 302 g/mol. The Hall–Kier alpha value is -2.44. The predicted molar refractivity (Wildman–Crippen MR) is 77.4 cm³/mol. The molecule has 1 aromatic heterocycles. The molecule has 0 N–H and O–H groups in total. The van der Waals surface area contributed by atoms with Gasteiger partial charge in [-0.3, -0.25) is 4.90 Å². The zero-order valence-electron chi connectivity index (χ0n) is 11.9. The van der Waals surface area contributed by atoms with E-state index in [1.807, 2.05) is 0 Å². The third-order valence-electron chi connectivity index (χ3n) is 4.40. The number of nitrogens with zero attached hydrogens (tertiary/aromatic N) is 4.